The van der Waals surface area contributed by atoms with E-state index in [2.05, 4.69) is 25.2 Å². The molecule has 21 heavy (non-hydrogen) atoms. The molecule has 0 amide bonds. The number of rotatable bonds is 7. The predicted octanol–water partition coefficient (Wildman–Crippen LogP) is 4.03. The number of nitrogens with one attached hydrogen (secondary N) is 1. The molecule has 0 heterocycles. The molecule has 4 atom stereocenters. The first-order chi connectivity index (χ1) is 10.2. The Morgan fingerprint density at radius 2 is 2.14 bits per heavy atom. The molecule has 2 saturated carbocycles. The second kappa shape index (κ2) is 8.15. The summed E-state index contributed by atoms with van der Waals surface area (Å²) in [7, 11) is 0. The van der Waals surface area contributed by atoms with Crippen LogP contribution >= 0.6 is 0 Å². The Labute approximate surface area is 130 Å². The topological polar surface area (TPSA) is 45.0 Å². The van der Waals surface area contributed by atoms with E-state index < -0.39 is 0 Å². The second-order valence-electron chi connectivity index (χ2n) is 7.15. The molecule has 0 bridgehead atoms. The Morgan fingerprint density at radius 1 is 1.29 bits per heavy atom. The van der Waals surface area contributed by atoms with Crippen molar-refractivity contribution in [1.29, 1.82) is 5.26 Å². The fourth-order valence-electron chi connectivity index (χ4n) is 4.14. The van der Waals surface area contributed by atoms with E-state index in [0.717, 1.165) is 38.3 Å². The summed E-state index contributed by atoms with van der Waals surface area (Å²) >= 11 is 0. The van der Waals surface area contributed by atoms with Crippen molar-refractivity contribution >= 4 is 0 Å². The highest BCUT2D eigenvalue weighted by molar-refractivity contribution is 5.14. The first kappa shape index (κ1) is 16.8. The van der Waals surface area contributed by atoms with Crippen molar-refractivity contribution in [1.82, 2.24) is 5.32 Å². The normalized spacial score (nSPS) is 36.5. The van der Waals surface area contributed by atoms with Gasteiger partial charge in [0.25, 0.3) is 0 Å². The fourth-order valence-corrected chi connectivity index (χ4v) is 4.14. The van der Waals surface area contributed by atoms with E-state index in [4.69, 9.17) is 4.74 Å². The third kappa shape index (κ3) is 4.44. The smallest absolute Gasteiger partial charge is 0.109 e. The Hall–Kier alpha value is -0.590. The highest BCUT2D eigenvalue weighted by atomic mass is 16.5. The second-order valence-corrected chi connectivity index (χ2v) is 7.15. The van der Waals surface area contributed by atoms with Gasteiger partial charge in [-0.2, -0.15) is 5.26 Å². The molecular weight excluding hydrogens is 260 g/mol. The highest BCUT2D eigenvalue weighted by Crippen LogP contribution is 2.38. The summed E-state index contributed by atoms with van der Waals surface area (Å²) in [5.74, 6) is 1.29. The first-order valence-corrected chi connectivity index (χ1v) is 8.98. The average molecular weight is 292 g/mol. The van der Waals surface area contributed by atoms with Crippen LogP contribution in [0.25, 0.3) is 0 Å². The molecule has 4 unspecified atom stereocenters. The van der Waals surface area contributed by atoms with Crippen LogP contribution in [0.2, 0.25) is 0 Å². The minimum absolute atomic E-state index is 0.279. The van der Waals surface area contributed by atoms with Gasteiger partial charge in [0.15, 0.2) is 0 Å². The summed E-state index contributed by atoms with van der Waals surface area (Å²) in [6.45, 7) is 6.28. The van der Waals surface area contributed by atoms with Crippen LogP contribution in [-0.2, 0) is 4.74 Å². The number of nitrogens with zero attached hydrogens (tertiary/aromatic N) is 1. The van der Waals surface area contributed by atoms with Gasteiger partial charge in [-0.25, -0.2) is 0 Å². The molecule has 1 N–H and O–H groups in total. The Kier molecular flexibility index (Phi) is 6.51. The summed E-state index contributed by atoms with van der Waals surface area (Å²) in [4.78, 5) is 0. The van der Waals surface area contributed by atoms with E-state index in [9.17, 15) is 5.26 Å². The van der Waals surface area contributed by atoms with Crippen molar-refractivity contribution < 1.29 is 4.74 Å². The van der Waals surface area contributed by atoms with Crippen molar-refractivity contribution in [3.63, 3.8) is 0 Å². The monoisotopic (exact) mass is 292 g/mol. The standard InChI is InChI=1S/C18H32N2O/c1-3-11-20-18(14-19)10-5-7-16(18)9-12-21-17-8-4-6-15(2)13-17/h15-17,20H,3-13H2,1-2H3. The van der Waals surface area contributed by atoms with Crippen LogP contribution < -0.4 is 5.32 Å². The van der Waals surface area contributed by atoms with E-state index in [1.165, 1.54) is 38.5 Å². The third-order valence-corrected chi connectivity index (χ3v) is 5.42. The van der Waals surface area contributed by atoms with E-state index in [-0.39, 0.29) is 5.54 Å². The lowest BCUT2D eigenvalue weighted by molar-refractivity contribution is 0.00671. The van der Waals surface area contributed by atoms with Crippen LogP contribution in [0.4, 0.5) is 0 Å². The molecule has 2 aliphatic rings. The largest absolute Gasteiger partial charge is 0.378 e. The first-order valence-electron chi connectivity index (χ1n) is 8.98. The molecule has 0 aromatic carbocycles. The van der Waals surface area contributed by atoms with Gasteiger partial charge >= 0.3 is 0 Å². The molecule has 120 valence electrons. The van der Waals surface area contributed by atoms with Gasteiger partial charge in [-0.3, -0.25) is 5.32 Å². The molecule has 3 heteroatoms. The van der Waals surface area contributed by atoms with Crippen molar-refractivity contribution in [3.8, 4) is 6.07 Å². The number of hydrogen-bond donors (Lipinski definition) is 1. The van der Waals surface area contributed by atoms with E-state index in [0.29, 0.717) is 12.0 Å². The SMILES string of the molecule is CCCNC1(C#N)CCCC1CCOC1CCCC(C)C1. The zero-order chi connectivity index (χ0) is 15.1. The predicted molar refractivity (Wildman–Crippen MR) is 86.0 cm³/mol. The molecule has 0 aromatic rings. The van der Waals surface area contributed by atoms with Crippen LogP contribution in [0.1, 0.15) is 71.6 Å². The minimum atomic E-state index is -0.279. The van der Waals surface area contributed by atoms with Crippen LogP contribution in [0, 0.1) is 23.2 Å². The van der Waals surface area contributed by atoms with E-state index in [1.54, 1.807) is 0 Å². The van der Waals surface area contributed by atoms with Crippen molar-refractivity contribution in [2.24, 2.45) is 11.8 Å². The average Bonchev–Trinajstić information content (AvgIpc) is 2.89. The molecule has 2 fully saturated rings. The van der Waals surface area contributed by atoms with Gasteiger partial charge in [-0.1, -0.05) is 33.1 Å². The zero-order valence-electron chi connectivity index (χ0n) is 13.9. The van der Waals surface area contributed by atoms with Gasteiger partial charge in [0.2, 0.25) is 0 Å². The zero-order valence-corrected chi connectivity index (χ0v) is 13.9. The Balaban J connectivity index is 1.77. The highest BCUT2D eigenvalue weighted by Gasteiger charge is 2.42. The van der Waals surface area contributed by atoms with Gasteiger partial charge in [0.05, 0.1) is 12.2 Å². The maximum absolute atomic E-state index is 9.64. The van der Waals surface area contributed by atoms with Crippen molar-refractivity contribution in [3.05, 3.63) is 0 Å². The van der Waals surface area contributed by atoms with Gasteiger partial charge in [-0.05, 0) is 56.9 Å². The van der Waals surface area contributed by atoms with Crippen LogP contribution in [0.15, 0.2) is 0 Å². The van der Waals surface area contributed by atoms with Crippen LogP contribution in [-0.4, -0.2) is 24.8 Å². The lowest BCUT2D eigenvalue weighted by Crippen LogP contribution is -2.47. The molecule has 2 rings (SSSR count). The summed E-state index contributed by atoms with van der Waals surface area (Å²) < 4.78 is 6.12. The fraction of sp³-hybridized carbons (Fsp3) is 0.944. The Morgan fingerprint density at radius 3 is 2.86 bits per heavy atom. The quantitative estimate of drug-likeness (QED) is 0.770. The van der Waals surface area contributed by atoms with Gasteiger partial charge in [0.1, 0.15) is 5.54 Å². The molecular formula is C18H32N2O. The summed E-state index contributed by atoms with van der Waals surface area (Å²) in [5.41, 5.74) is -0.279. The number of hydrogen-bond acceptors (Lipinski definition) is 3. The van der Waals surface area contributed by atoms with Crippen molar-refractivity contribution in [2.75, 3.05) is 13.2 Å². The summed E-state index contributed by atoms with van der Waals surface area (Å²) in [5, 5.41) is 13.2. The van der Waals surface area contributed by atoms with E-state index >= 15 is 0 Å². The molecule has 0 spiro atoms. The number of nitriles is 1. The molecule has 0 aliphatic heterocycles. The molecule has 0 radical (unpaired) electrons. The van der Waals surface area contributed by atoms with Gasteiger partial charge < -0.3 is 4.74 Å². The lowest BCUT2D eigenvalue weighted by atomic mass is 9.85. The maximum Gasteiger partial charge on any atom is 0.109 e. The minimum Gasteiger partial charge on any atom is -0.378 e. The Bertz CT molecular complexity index is 352. The molecule has 0 aromatic heterocycles. The maximum atomic E-state index is 9.64. The van der Waals surface area contributed by atoms with Crippen LogP contribution in [0.3, 0.4) is 0 Å². The summed E-state index contributed by atoms with van der Waals surface area (Å²) in [6, 6.07) is 2.59. The molecule has 2 aliphatic carbocycles. The summed E-state index contributed by atoms with van der Waals surface area (Å²) in [6.07, 6.45) is 11.1. The third-order valence-electron chi connectivity index (χ3n) is 5.42. The van der Waals surface area contributed by atoms with Gasteiger partial charge in [-0.15, -0.1) is 0 Å². The van der Waals surface area contributed by atoms with Crippen molar-refractivity contribution in [2.45, 2.75) is 83.3 Å². The molecule has 0 saturated heterocycles. The van der Waals surface area contributed by atoms with Crippen LogP contribution in [0.5, 0.6) is 0 Å². The number of ether oxygens (including phenoxy) is 1. The van der Waals surface area contributed by atoms with Gasteiger partial charge in [0, 0.05) is 6.61 Å². The lowest BCUT2D eigenvalue weighted by Gasteiger charge is -2.31. The van der Waals surface area contributed by atoms with E-state index in [1.807, 2.05) is 0 Å². The molecule has 3 nitrogen and oxygen atoms in total.